The number of hydrogen-bond donors (Lipinski definition) is 1. The van der Waals surface area contributed by atoms with E-state index in [0.29, 0.717) is 16.6 Å². The van der Waals surface area contributed by atoms with Crippen LogP contribution < -0.4 is 5.73 Å². The van der Waals surface area contributed by atoms with Crippen LogP contribution in [0.3, 0.4) is 0 Å². The predicted octanol–water partition coefficient (Wildman–Crippen LogP) is 3.29. The summed E-state index contributed by atoms with van der Waals surface area (Å²) >= 11 is 11.0. The summed E-state index contributed by atoms with van der Waals surface area (Å²) in [5.74, 6) is 0.905. The van der Waals surface area contributed by atoms with Crippen LogP contribution in [0.4, 0.5) is 0 Å². The van der Waals surface area contributed by atoms with Crippen LogP contribution in [0.15, 0.2) is 18.2 Å². The largest absolute Gasteiger partial charge is 0.389 e. The van der Waals surface area contributed by atoms with Crippen molar-refractivity contribution in [3.8, 4) is 0 Å². The normalized spacial score (nSPS) is 14.9. The monoisotopic (exact) mass is 269 g/mol. The summed E-state index contributed by atoms with van der Waals surface area (Å²) in [6.45, 7) is 1.38. The van der Waals surface area contributed by atoms with Crippen molar-refractivity contribution in [2.75, 3.05) is 6.61 Å². The SMILES string of the molecule is NC(=S)c1ccc(COCCC2CC2)c(Cl)c1. The van der Waals surface area contributed by atoms with Crippen molar-refractivity contribution in [1.29, 1.82) is 0 Å². The second kappa shape index (κ2) is 5.80. The van der Waals surface area contributed by atoms with Crippen molar-refractivity contribution < 1.29 is 4.74 Å². The summed E-state index contributed by atoms with van der Waals surface area (Å²) < 4.78 is 5.60. The quantitative estimate of drug-likeness (QED) is 0.636. The molecular formula is C13H16ClNOS. The van der Waals surface area contributed by atoms with Gasteiger partial charge >= 0.3 is 0 Å². The summed E-state index contributed by atoms with van der Waals surface area (Å²) in [7, 11) is 0. The molecule has 2 nitrogen and oxygen atoms in total. The van der Waals surface area contributed by atoms with E-state index in [4.69, 9.17) is 34.3 Å². The van der Waals surface area contributed by atoms with Crippen LogP contribution in [0.5, 0.6) is 0 Å². The van der Waals surface area contributed by atoms with Gasteiger partial charge in [-0.1, -0.05) is 48.8 Å². The summed E-state index contributed by atoms with van der Waals surface area (Å²) in [5, 5.41) is 0.668. The number of nitrogens with two attached hydrogens (primary N) is 1. The lowest BCUT2D eigenvalue weighted by atomic mass is 10.1. The minimum atomic E-state index is 0.369. The Bertz CT molecular complexity index is 418. The van der Waals surface area contributed by atoms with E-state index in [1.54, 1.807) is 6.07 Å². The molecule has 0 amide bonds. The number of hydrogen-bond acceptors (Lipinski definition) is 2. The van der Waals surface area contributed by atoms with Gasteiger partial charge in [-0.2, -0.15) is 0 Å². The van der Waals surface area contributed by atoms with Crippen molar-refractivity contribution in [3.63, 3.8) is 0 Å². The van der Waals surface area contributed by atoms with Crippen LogP contribution in [0.1, 0.15) is 30.4 Å². The van der Waals surface area contributed by atoms with Gasteiger partial charge in [-0.15, -0.1) is 0 Å². The summed E-state index contributed by atoms with van der Waals surface area (Å²) in [5.41, 5.74) is 7.32. The van der Waals surface area contributed by atoms with Gasteiger partial charge in [0.05, 0.1) is 6.61 Å². The average molecular weight is 270 g/mol. The van der Waals surface area contributed by atoms with Crippen LogP contribution in [0.2, 0.25) is 5.02 Å². The number of ether oxygens (including phenoxy) is 1. The van der Waals surface area contributed by atoms with Crippen LogP contribution >= 0.6 is 23.8 Å². The van der Waals surface area contributed by atoms with Gasteiger partial charge in [0, 0.05) is 17.2 Å². The Kier molecular flexibility index (Phi) is 4.37. The number of thiocarbonyl (C=S) groups is 1. The molecule has 0 spiro atoms. The molecule has 0 saturated heterocycles. The van der Waals surface area contributed by atoms with E-state index in [2.05, 4.69) is 0 Å². The molecule has 0 radical (unpaired) electrons. The van der Waals surface area contributed by atoms with E-state index in [9.17, 15) is 0 Å². The summed E-state index contributed by atoms with van der Waals surface area (Å²) in [6.07, 6.45) is 3.90. The molecule has 1 aliphatic carbocycles. The zero-order valence-corrected chi connectivity index (χ0v) is 11.2. The van der Waals surface area contributed by atoms with E-state index < -0.39 is 0 Å². The van der Waals surface area contributed by atoms with Gasteiger partial charge in [-0.25, -0.2) is 0 Å². The maximum absolute atomic E-state index is 6.13. The maximum Gasteiger partial charge on any atom is 0.104 e. The van der Waals surface area contributed by atoms with Crippen LogP contribution in [0.25, 0.3) is 0 Å². The molecule has 92 valence electrons. The minimum Gasteiger partial charge on any atom is -0.389 e. The Balaban J connectivity index is 1.84. The Morgan fingerprint density at radius 3 is 2.82 bits per heavy atom. The minimum absolute atomic E-state index is 0.369. The third kappa shape index (κ3) is 3.95. The molecule has 1 fully saturated rings. The lowest BCUT2D eigenvalue weighted by Gasteiger charge is -2.07. The van der Waals surface area contributed by atoms with E-state index in [-0.39, 0.29) is 0 Å². The third-order valence-corrected chi connectivity index (χ3v) is 3.55. The molecule has 1 saturated carbocycles. The first-order valence-corrected chi connectivity index (χ1v) is 6.61. The zero-order chi connectivity index (χ0) is 12.3. The fourth-order valence-electron chi connectivity index (χ4n) is 1.66. The molecule has 0 bridgehead atoms. The number of halogens is 1. The van der Waals surface area contributed by atoms with Gasteiger partial charge in [0.15, 0.2) is 0 Å². The molecule has 0 aliphatic heterocycles. The second-order valence-electron chi connectivity index (χ2n) is 4.46. The summed E-state index contributed by atoms with van der Waals surface area (Å²) in [4.78, 5) is 0.369. The first-order chi connectivity index (χ1) is 8.16. The lowest BCUT2D eigenvalue weighted by Crippen LogP contribution is -2.09. The highest BCUT2D eigenvalue weighted by Crippen LogP contribution is 2.32. The highest BCUT2D eigenvalue weighted by molar-refractivity contribution is 7.80. The van der Waals surface area contributed by atoms with Gasteiger partial charge in [-0.3, -0.25) is 0 Å². The first-order valence-electron chi connectivity index (χ1n) is 5.83. The molecule has 0 aromatic heterocycles. The molecule has 0 heterocycles. The predicted molar refractivity (Wildman–Crippen MR) is 74.3 cm³/mol. The lowest BCUT2D eigenvalue weighted by molar-refractivity contribution is 0.115. The molecular weight excluding hydrogens is 254 g/mol. The average Bonchev–Trinajstić information content (AvgIpc) is 3.09. The number of benzene rings is 1. The Morgan fingerprint density at radius 1 is 1.47 bits per heavy atom. The van der Waals surface area contributed by atoms with Crippen molar-refractivity contribution in [2.45, 2.75) is 25.9 Å². The van der Waals surface area contributed by atoms with E-state index in [0.717, 1.165) is 23.7 Å². The smallest absolute Gasteiger partial charge is 0.104 e. The topological polar surface area (TPSA) is 35.2 Å². The van der Waals surface area contributed by atoms with Crippen LogP contribution in [-0.4, -0.2) is 11.6 Å². The highest BCUT2D eigenvalue weighted by Gasteiger charge is 2.20. The molecule has 17 heavy (non-hydrogen) atoms. The Labute approximate surface area is 112 Å². The van der Waals surface area contributed by atoms with E-state index in [1.165, 1.54) is 19.3 Å². The second-order valence-corrected chi connectivity index (χ2v) is 5.30. The van der Waals surface area contributed by atoms with Crippen molar-refractivity contribution in [2.24, 2.45) is 11.7 Å². The van der Waals surface area contributed by atoms with Crippen LogP contribution in [-0.2, 0) is 11.3 Å². The molecule has 1 aromatic carbocycles. The molecule has 4 heteroatoms. The van der Waals surface area contributed by atoms with E-state index >= 15 is 0 Å². The van der Waals surface area contributed by atoms with Crippen molar-refractivity contribution in [3.05, 3.63) is 34.3 Å². The molecule has 0 atom stereocenters. The van der Waals surface area contributed by atoms with E-state index in [1.807, 2.05) is 12.1 Å². The van der Waals surface area contributed by atoms with Gasteiger partial charge in [0.1, 0.15) is 4.99 Å². The van der Waals surface area contributed by atoms with Gasteiger partial charge < -0.3 is 10.5 Å². The fourth-order valence-corrected chi connectivity index (χ4v) is 2.02. The standard InChI is InChI=1S/C13H16ClNOS/c14-12-7-10(13(15)17)3-4-11(12)8-16-6-5-9-1-2-9/h3-4,7,9H,1-2,5-6,8H2,(H2,15,17). The molecule has 2 N–H and O–H groups in total. The first kappa shape index (κ1) is 12.8. The maximum atomic E-state index is 6.13. The third-order valence-electron chi connectivity index (χ3n) is 2.96. The van der Waals surface area contributed by atoms with Gasteiger partial charge in [-0.05, 0) is 24.0 Å². The van der Waals surface area contributed by atoms with Crippen molar-refractivity contribution >= 4 is 28.8 Å². The molecule has 1 aromatic rings. The molecule has 2 rings (SSSR count). The fraction of sp³-hybridized carbons (Fsp3) is 0.462. The van der Waals surface area contributed by atoms with Gasteiger partial charge in [0.25, 0.3) is 0 Å². The van der Waals surface area contributed by atoms with Crippen LogP contribution in [0, 0.1) is 5.92 Å². The zero-order valence-electron chi connectivity index (χ0n) is 9.62. The summed E-state index contributed by atoms with van der Waals surface area (Å²) in [6, 6.07) is 5.60. The Hall–Kier alpha value is -0.640. The van der Waals surface area contributed by atoms with Crippen molar-refractivity contribution in [1.82, 2.24) is 0 Å². The Morgan fingerprint density at radius 2 is 2.24 bits per heavy atom. The number of rotatable bonds is 6. The molecule has 1 aliphatic rings. The highest BCUT2D eigenvalue weighted by atomic mass is 35.5. The van der Waals surface area contributed by atoms with Gasteiger partial charge in [0.2, 0.25) is 0 Å². The molecule has 0 unspecified atom stereocenters.